The van der Waals surface area contributed by atoms with Crippen LogP contribution >= 0.6 is 11.9 Å². The van der Waals surface area contributed by atoms with E-state index in [1.54, 1.807) is 12.3 Å². The minimum absolute atomic E-state index is 0.00250. The molecule has 3 N–H and O–H groups in total. The van der Waals surface area contributed by atoms with Gasteiger partial charge >= 0.3 is 6.03 Å². The van der Waals surface area contributed by atoms with Crippen LogP contribution in [0.3, 0.4) is 0 Å². The van der Waals surface area contributed by atoms with Gasteiger partial charge in [-0.2, -0.15) is 0 Å². The molecule has 7 heteroatoms. The van der Waals surface area contributed by atoms with Crippen molar-refractivity contribution in [2.24, 2.45) is 10.7 Å². The Labute approximate surface area is 96.5 Å². The van der Waals surface area contributed by atoms with Crippen molar-refractivity contribution in [3.05, 3.63) is 12.3 Å². The molecule has 3 aliphatic rings. The maximum atomic E-state index is 11.9. The van der Waals surface area contributed by atoms with Crippen molar-refractivity contribution in [3.63, 3.8) is 0 Å². The monoisotopic (exact) mass is 242 g/mol. The zero-order valence-electron chi connectivity index (χ0n) is 8.44. The Balaban J connectivity index is 1.90. The van der Waals surface area contributed by atoms with Crippen LogP contribution in [0.2, 0.25) is 0 Å². The van der Waals surface area contributed by atoms with Gasteiger partial charge in [0.05, 0.1) is 23.8 Å². The Morgan fingerprint density at radius 2 is 2.56 bits per heavy atom. The van der Waals surface area contributed by atoms with Crippen molar-refractivity contribution >= 4 is 23.8 Å². The predicted molar refractivity (Wildman–Crippen MR) is 58.2 cm³/mol. The van der Waals surface area contributed by atoms with Crippen molar-refractivity contribution in [3.8, 4) is 0 Å². The third-order valence-corrected chi connectivity index (χ3v) is 4.72. The van der Waals surface area contributed by atoms with Gasteiger partial charge in [0.15, 0.2) is 0 Å². The highest BCUT2D eigenvalue weighted by Gasteiger charge is 2.63. The number of nitrogens with two attached hydrogens (primary N) is 1. The van der Waals surface area contributed by atoms with Gasteiger partial charge in [0, 0.05) is 12.5 Å². The largest absolute Gasteiger partial charge is 0.463 e. The normalized spacial score (nSPS) is 45.4. The van der Waals surface area contributed by atoms with Crippen molar-refractivity contribution in [1.82, 2.24) is 0 Å². The molecule has 1 spiro atoms. The number of aliphatic hydroxyl groups is 1. The fourth-order valence-electron chi connectivity index (χ4n) is 2.28. The lowest BCUT2D eigenvalue weighted by atomic mass is 10.2. The molecule has 0 aromatic rings. The maximum absolute atomic E-state index is 11.9. The first-order valence-electron chi connectivity index (χ1n) is 5.07. The number of amides is 2. The Morgan fingerprint density at radius 3 is 3.12 bits per heavy atom. The molecule has 0 aromatic carbocycles. The van der Waals surface area contributed by atoms with Crippen LogP contribution in [0, 0.1) is 0 Å². The summed E-state index contributed by atoms with van der Waals surface area (Å²) in [6.07, 6.45) is 3.72. The number of urea groups is 1. The molecule has 86 valence electrons. The van der Waals surface area contributed by atoms with E-state index in [0.29, 0.717) is 0 Å². The quantitative estimate of drug-likeness (QED) is 0.497. The fourth-order valence-corrected chi connectivity index (χ4v) is 3.80. The molecule has 0 radical (unpaired) electrons. The number of amidine groups is 1. The highest BCUT2D eigenvalue weighted by molar-refractivity contribution is 7.95. The van der Waals surface area contributed by atoms with E-state index in [-0.39, 0.29) is 39.9 Å². The van der Waals surface area contributed by atoms with E-state index in [9.17, 15) is 4.79 Å². The first kappa shape index (κ1) is 10.3. The van der Waals surface area contributed by atoms with Gasteiger partial charge in [0.25, 0.3) is 0 Å². The van der Waals surface area contributed by atoms with Crippen molar-refractivity contribution < 1.29 is 18.5 Å². The van der Waals surface area contributed by atoms with Crippen LogP contribution in [0.5, 0.6) is 0 Å². The molecule has 2 bridgehead atoms. The second-order valence-electron chi connectivity index (χ2n) is 4.04. The molecule has 3 heterocycles. The fraction of sp³-hybridized carbons (Fsp3) is 0.556. The number of carbonyl (C=O) groups is 1. The van der Waals surface area contributed by atoms with Crippen LogP contribution in [0.1, 0.15) is 6.42 Å². The lowest BCUT2D eigenvalue weighted by Gasteiger charge is -2.34. The highest BCUT2D eigenvalue weighted by Crippen LogP contribution is 2.51. The average molecular weight is 242 g/mol. The smallest absolute Gasteiger partial charge is 0.394 e. The van der Waals surface area contributed by atoms with Crippen molar-refractivity contribution in [1.29, 1.82) is 0 Å². The Hall–Kier alpha value is -0.890. The zero-order valence-corrected chi connectivity index (χ0v) is 9.26. The maximum Gasteiger partial charge on any atom is 0.463 e. The summed E-state index contributed by atoms with van der Waals surface area (Å²) in [5.41, 5.74) is 5.47. The van der Waals surface area contributed by atoms with E-state index in [1.165, 1.54) is 11.9 Å². The number of aliphatic imine (C=N–C) groups is 1. The van der Waals surface area contributed by atoms with Gasteiger partial charge in [-0.1, -0.05) is 0 Å². The van der Waals surface area contributed by atoms with Crippen LogP contribution < -0.4 is 5.73 Å². The molecule has 2 saturated heterocycles. The molecule has 0 saturated carbocycles. The molecular formula is C9H12N3O3S+. The minimum Gasteiger partial charge on any atom is -0.394 e. The van der Waals surface area contributed by atoms with Gasteiger partial charge in [0.2, 0.25) is 6.23 Å². The molecule has 3 rings (SSSR count). The van der Waals surface area contributed by atoms with Gasteiger partial charge in [0.1, 0.15) is 18.1 Å². The van der Waals surface area contributed by atoms with E-state index in [4.69, 9.17) is 15.6 Å². The summed E-state index contributed by atoms with van der Waals surface area (Å²) in [5, 5.41) is 9.24. The van der Waals surface area contributed by atoms with E-state index >= 15 is 0 Å². The van der Waals surface area contributed by atoms with Crippen LogP contribution in [0.15, 0.2) is 17.3 Å². The lowest BCUT2D eigenvalue weighted by molar-refractivity contribution is -0.715. The summed E-state index contributed by atoms with van der Waals surface area (Å²) in [5.74, 6) is 0.232. The number of nitrogens with zero attached hydrogens (tertiary/aromatic N) is 2. The Morgan fingerprint density at radius 1 is 1.75 bits per heavy atom. The summed E-state index contributed by atoms with van der Waals surface area (Å²) in [4.78, 5) is 15.7. The summed E-state index contributed by atoms with van der Waals surface area (Å²) in [6, 6.07) is -0.297. The molecule has 0 aliphatic carbocycles. The summed E-state index contributed by atoms with van der Waals surface area (Å²) in [7, 11) is 0. The van der Waals surface area contributed by atoms with Crippen LogP contribution in [0.4, 0.5) is 4.79 Å². The number of ether oxygens (including phenoxy) is 1. The molecule has 16 heavy (non-hydrogen) atoms. The van der Waals surface area contributed by atoms with Crippen LogP contribution in [-0.4, -0.2) is 45.1 Å². The second-order valence-corrected chi connectivity index (χ2v) is 5.46. The van der Waals surface area contributed by atoms with Crippen LogP contribution in [0.25, 0.3) is 0 Å². The molecular weight excluding hydrogens is 230 g/mol. The third kappa shape index (κ3) is 1.20. The number of quaternary nitrogens is 1. The molecule has 2 amide bonds. The lowest BCUT2D eigenvalue weighted by Crippen LogP contribution is -2.51. The molecule has 6 nitrogen and oxygen atoms in total. The molecule has 3 aliphatic heterocycles. The van der Waals surface area contributed by atoms with Gasteiger partial charge in [-0.15, -0.1) is 8.88 Å². The van der Waals surface area contributed by atoms with Gasteiger partial charge < -0.3 is 15.6 Å². The third-order valence-electron chi connectivity index (χ3n) is 3.09. The Bertz CT molecular complexity index is 411. The number of hydrogen-bond donors (Lipinski definition) is 2. The molecule has 1 unspecified atom stereocenters. The number of carbonyl (C=O) groups excluding carboxylic acids is 1. The zero-order chi connectivity index (χ0) is 11.3. The number of rotatable bonds is 1. The van der Waals surface area contributed by atoms with Gasteiger partial charge in [-0.3, -0.25) is 0 Å². The van der Waals surface area contributed by atoms with E-state index < -0.39 is 0 Å². The molecule has 0 aromatic heterocycles. The van der Waals surface area contributed by atoms with E-state index in [1.807, 2.05) is 0 Å². The topological polar surface area (TPSA) is 84.9 Å². The standard InChI is InChI=1S/C9H11N3O3S/c10-7-1-2-12(9(14)11-7)8-3-6(16-12)5(4-13)15-8/h1-2,5-6,8,13H,3-4H2,(H-,10,11,14)/p+1/t5-,6+,8-,12?/m1/s1. The van der Waals surface area contributed by atoms with Crippen LogP contribution in [-0.2, 0) is 4.74 Å². The predicted octanol–water partition coefficient (Wildman–Crippen LogP) is -0.0546. The first-order chi connectivity index (χ1) is 7.65. The number of hydrogen-bond acceptors (Lipinski definition) is 5. The summed E-state index contributed by atoms with van der Waals surface area (Å²) in [6.45, 7) is -0.00250. The first-order valence-corrected chi connectivity index (χ1v) is 5.90. The Kier molecular flexibility index (Phi) is 2.12. The second kappa shape index (κ2) is 3.30. The van der Waals surface area contributed by atoms with Gasteiger partial charge in [-0.25, -0.2) is 4.79 Å². The molecule has 2 fully saturated rings. The number of fused-ring (bicyclic) bond motifs is 3. The number of aliphatic hydroxyl groups excluding tert-OH is 1. The highest BCUT2D eigenvalue weighted by atomic mass is 32.2. The average Bonchev–Trinajstić information content (AvgIpc) is 2.81. The van der Waals surface area contributed by atoms with E-state index in [2.05, 4.69) is 4.99 Å². The molecule has 4 atom stereocenters. The van der Waals surface area contributed by atoms with E-state index in [0.717, 1.165) is 6.42 Å². The SMILES string of the molecule is NC1=NC(=O)[N+]2(C=C1)S[C@H]1C[C@H]2O[C@@H]1CO. The van der Waals surface area contributed by atoms with Crippen molar-refractivity contribution in [2.75, 3.05) is 6.61 Å². The summed E-state index contributed by atoms with van der Waals surface area (Å²) < 4.78 is 5.66. The van der Waals surface area contributed by atoms with Crippen molar-refractivity contribution in [2.45, 2.75) is 24.0 Å². The minimum atomic E-state index is -0.297. The summed E-state index contributed by atoms with van der Waals surface area (Å²) >= 11 is 1.48. The van der Waals surface area contributed by atoms with Gasteiger partial charge in [-0.05, 0) is 0 Å².